The average Bonchev–Trinajstić information content (AvgIpc) is 3.02. The van der Waals surface area contributed by atoms with Crippen molar-refractivity contribution in [1.82, 2.24) is 0 Å². The normalized spacial score (nSPS) is 12.0. The lowest BCUT2D eigenvalue weighted by molar-refractivity contribution is -0.143. The van der Waals surface area contributed by atoms with Gasteiger partial charge in [0.1, 0.15) is 17.4 Å². The molecule has 208 valence electrons. The Kier molecular flexibility index (Phi) is 7.69. The molecule has 0 heterocycles. The third kappa shape index (κ3) is 5.98. The van der Waals surface area contributed by atoms with Gasteiger partial charge in [-0.25, -0.2) is 8.78 Å². The molecular formula is C29H18F8O3. The number of Topliss-reactive ketones (excluding diaryl/α,β-unsaturated/α-hetero) is 1. The maximum Gasteiger partial charge on any atom is 0.416 e. The number of fused-ring (bicyclic) bond motifs is 1. The monoisotopic (exact) mass is 566 g/mol. The van der Waals surface area contributed by atoms with Crippen molar-refractivity contribution in [2.75, 3.05) is 7.11 Å². The van der Waals surface area contributed by atoms with Gasteiger partial charge in [0.15, 0.2) is 11.2 Å². The molecule has 4 aromatic carbocycles. The van der Waals surface area contributed by atoms with Crippen molar-refractivity contribution in [2.45, 2.75) is 25.2 Å². The molecule has 0 aliphatic carbocycles. The third-order valence-corrected chi connectivity index (χ3v) is 6.21. The zero-order chi connectivity index (χ0) is 29.4. The van der Waals surface area contributed by atoms with E-state index in [0.29, 0.717) is 29.5 Å². The molecule has 4 rings (SSSR count). The lowest BCUT2D eigenvalue weighted by Crippen LogP contribution is -2.17. The van der Waals surface area contributed by atoms with Gasteiger partial charge in [-0.05, 0) is 71.6 Å². The van der Waals surface area contributed by atoms with Gasteiger partial charge in [-0.2, -0.15) is 26.3 Å². The first-order valence-corrected chi connectivity index (χ1v) is 11.6. The molecule has 0 spiro atoms. The highest BCUT2D eigenvalue weighted by Crippen LogP contribution is 2.36. The fraction of sp³-hybridized carbons (Fsp3) is 0.172. The number of carbonyl (C=O) groups is 1. The van der Waals surface area contributed by atoms with Crippen molar-refractivity contribution in [1.29, 1.82) is 0 Å². The minimum absolute atomic E-state index is 0.00874. The molecule has 4 aromatic rings. The van der Waals surface area contributed by atoms with Crippen molar-refractivity contribution in [3.63, 3.8) is 0 Å². The molecule has 0 aliphatic rings. The van der Waals surface area contributed by atoms with Crippen LogP contribution in [0, 0.1) is 11.6 Å². The van der Waals surface area contributed by atoms with Crippen molar-refractivity contribution in [3.8, 4) is 5.75 Å². The highest BCUT2D eigenvalue weighted by molar-refractivity contribution is 6.00. The van der Waals surface area contributed by atoms with E-state index in [1.807, 2.05) is 0 Å². The predicted octanol–water partition coefficient (Wildman–Crippen LogP) is 7.54. The van der Waals surface area contributed by atoms with Crippen LogP contribution < -0.4 is 10.2 Å². The summed E-state index contributed by atoms with van der Waals surface area (Å²) in [5, 5.41) is -1.17. The van der Waals surface area contributed by atoms with Crippen LogP contribution in [-0.2, 0) is 25.2 Å². The second kappa shape index (κ2) is 10.7. The lowest BCUT2D eigenvalue weighted by Gasteiger charge is -2.14. The Hall–Kier alpha value is -4.28. The fourth-order valence-corrected chi connectivity index (χ4v) is 4.30. The fourth-order valence-electron chi connectivity index (χ4n) is 4.30. The van der Waals surface area contributed by atoms with Crippen LogP contribution in [0.2, 0.25) is 0 Å². The van der Waals surface area contributed by atoms with Crippen LogP contribution in [-0.4, -0.2) is 12.9 Å². The van der Waals surface area contributed by atoms with E-state index in [1.54, 1.807) is 24.3 Å². The number of methoxy groups -OCH3 is 1. The number of hydrogen-bond donors (Lipinski definition) is 0. The number of halogens is 8. The smallest absolute Gasteiger partial charge is 0.416 e. The Bertz CT molecular complexity index is 1620. The second-order valence-electron chi connectivity index (χ2n) is 8.92. The summed E-state index contributed by atoms with van der Waals surface area (Å²) in [6, 6.07) is 10.8. The molecule has 0 aliphatic heterocycles. The van der Waals surface area contributed by atoms with E-state index in [1.165, 1.54) is 13.2 Å². The molecule has 0 unspecified atom stereocenters. The van der Waals surface area contributed by atoms with E-state index in [9.17, 15) is 44.7 Å². The number of hydrogen-bond acceptors (Lipinski definition) is 3. The van der Waals surface area contributed by atoms with E-state index >= 15 is 0 Å². The Morgan fingerprint density at radius 1 is 0.725 bits per heavy atom. The number of rotatable bonds is 6. The summed E-state index contributed by atoms with van der Waals surface area (Å²) in [5.41, 5.74) is -5.17. The van der Waals surface area contributed by atoms with Gasteiger partial charge in [-0.1, -0.05) is 18.2 Å². The highest BCUT2D eigenvalue weighted by Gasteiger charge is 2.37. The maximum absolute atomic E-state index is 15.0. The molecule has 0 radical (unpaired) electrons. The van der Waals surface area contributed by atoms with Crippen LogP contribution in [0.1, 0.15) is 38.2 Å². The second-order valence-corrected chi connectivity index (χ2v) is 8.92. The third-order valence-electron chi connectivity index (χ3n) is 6.21. The SMILES string of the molecule is COc1ccc(Cc2ccc(C(=O)Cc3cc(C(F)(F)F)cc(C(F)(F)F)c3)c(=O)c3c(F)ccc(F)c23)cc1. The van der Waals surface area contributed by atoms with Gasteiger partial charge in [-0.15, -0.1) is 0 Å². The van der Waals surface area contributed by atoms with Gasteiger partial charge in [0, 0.05) is 11.8 Å². The van der Waals surface area contributed by atoms with Crippen LogP contribution in [0.15, 0.2) is 71.5 Å². The first-order chi connectivity index (χ1) is 18.7. The Morgan fingerprint density at radius 3 is 1.80 bits per heavy atom. The highest BCUT2D eigenvalue weighted by atomic mass is 19.4. The van der Waals surface area contributed by atoms with Crippen LogP contribution in [0.3, 0.4) is 0 Å². The summed E-state index contributed by atoms with van der Waals surface area (Å²) in [6.45, 7) is 0. The Morgan fingerprint density at radius 2 is 1.27 bits per heavy atom. The molecule has 0 bridgehead atoms. The molecule has 0 saturated heterocycles. The number of ketones is 1. The van der Waals surface area contributed by atoms with Gasteiger partial charge in [0.05, 0.1) is 29.2 Å². The summed E-state index contributed by atoms with van der Waals surface area (Å²) in [4.78, 5) is 26.4. The van der Waals surface area contributed by atoms with Crippen LogP contribution in [0.25, 0.3) is 10.8 Å². The zero-order valence-electron chi connectivity index (χ0n) is 20.5. The molecule has 40 heavy (non-hydrogen) atoms. The number of carbonyl (C=O) groups excluding carboxylic acids is 1. The van der Waals surface area contributed by atoms with Gasteiger partial charge in [0.2, 0.25) is 0 Å². The van der Waals surface area contributed by atoms with E-state index in [0.717, 1.165) is 12.1 Å². The van der Waals surface area contributed by atoms with E-state index < -0.39 is 74.6 Å². The van der Waals surface area contributed by atoms with E-state index in [-0.39, 0.29) is 18.1 Å². The van der Waals surface area contributed by atoms with Crippen molar-refractivity contribution < 1.29 is 44.7 Å². The molecule has 3 nitrogen and oxygen atoms in total. The van der Waals surface area contributed by atoms with E-state index in [2.05, 4.69) is 0 Å². The summed E-state index contributed by atoms with van der Waals surface area (Å²) < 4.78 is 114. The van der Waals surface area contributed by atoms with Crippen LogP contribution >= 0.6 is 0 Å². The molecule has 0 N–H and O–H groups in total. The van der Waals surface area contributed by atoms with Crippen molar-refractivity contribution in [2.24, 2.45) is 0 Å². The lowest BCUT2D eigenvalue weighted by atomic mass is 9.98. The van der Waals surface area contributed by atoms with Gasteiger partial charge >= 0.3 is 12.4 Å². The van der Waals surface area contributed by atoms with E-state index in [4.69, 9.17) is 4.74 Å². The molecule has 0 amide bonds. The summed E-state index contributed by atoms with van der Waals surface area (Å²) in [5.74, 6) is -2.75. The maximum atomic E-state index is 15.0. The molecule has 11 heteroatoms. The number of ether oxygens (including phenoxy) is 1. The van der Waals surface area contributed by atoms with Gasteiger partial charge < -0.3 is 4.74 Å². The van der Waals surface area contributed by atoms with Crippen LogP contribution in [0.4, 0.5) is 35.1 Å². The standard InChI is InChI=1S/C29H18F8O3/c1-40-20-5-2-15(3-6-20)10-17-4-7-21(27(39)26-23(31)9-8-22(30)25(17)26)24(38)13-16-11-18(28(32,33)34)14-19(12-16)29(35,36)37/h2-9,11-12,14H,10,13H2,1H3. The molecular weight excluding hydrogens is 548 g/mol. The summed E-state index contributed by atoms with van der Waals surface area (Å²) >= 11 is 0. The van der Waals surface area contributed by atoms with Crippen molar-refractivity contribution in [3.05, 3.63) is 122 Å². The first kappa shape index (κ1) is 28.7. The predicted molar refractivity (Wildman–Crippen MR) is 130 cm³/mol. The number of benzene rings is 3. The average molecular weight is 566 g/mol. The largest absolute Gasteiger partial charge is 0.497 e. The minimum Gasteiger partial charge on any atom is -0.497 e. The quantitative estimate of drug-likeness (QED) is 0.179. The minimum atomic E-state index is -5.14. The molecule has 0 saturated carbocycles. The number of alkyl halides is 6. The van der Waals surface area contributed by atoms with Crippen molar-refractivity contribution >= 4 is 16.6 Å². The van der Waals surface area contributed by atoms with Crippen LogP contribution in [0.5, 0.6) is 5.75 Å². The topological polar surface area (TPSA) is 43.4 Å². The summed E-state index contributed by atoms with van der Waals surface area (Å²) in [7, 11) is 1.45. The molecule has 0 aromatic heterocycles. The van der Waals surface area contributed by atoms with Gasteiger partial charge in [0.25, 0.3) is 0 Å². The first-order valence-electron chi connectivity index (χ1n) is 11.6. The summed E-state index contributed by atoms with van der Waals surface area (Å²) in [6.07, 6.45) is -11.3. The molecule has 0 fully saturated rings. The molecule has 0 atom stereocenters. The Balaban J connectivity index is 1.84. The Labute approximate surface area is 221 Å². The zero-order valence-corrected chi connectivity index (χ0v) is 20.5. The van der Waals surface area contributed by atoms with Gasteiger partial charge in [-0.3, -0.25) is 9.59 Å².